The van der Waals surface area contributed by atoms with E-state index < -0.39 is 0 Å². The summed E-state index contributed by atoms with van der Waals surface area (Å²) in [5.74, 6) is 0.801. The summed E-state index contributed by atoms with van der Waals surface area (Å²) < 4.78 is 0. The van der Waals surface area contributed by atoms with Gasteiger partial charge in [0.25, 0.3) is 0 Å². The van der Waals surface area contributed by atoms with Crippen molar-refractivity contribution in [3.8, 4) is 0 Å². The van der Waals surface area contributed by atoms with E-state index in [1.807, 2.05) is 11.3 Å². The molecule has 1 aromatic heterocycles. The van der Waals surface area contributed by atoms with Gasteiger partial charge in [-0.1, -0.05) is 26.2 Å². The van der Waals surface area contributed by atoms with E-state index in [9.17, 15) is 0 Å². The Labute approximate surface area is 115 Å². The lowest BCUT2D eigenvalue weighted by molar-refractivity contribution is 0.271. The molecule has 0 saturated heterocycles. The fraction of sp³-hybridized carbons (Fsp3) is 0.800. The molecule has 1 aromatic rings. The van der Waals surface area contributed by atoms with Gasteiger partial charge in [-0.3, -0.25) is 0 Å². The van der Waals surface area contributed by atoms with Gasteiger partial charge in [0, 0.05) is 4.88 Å². The zero-order chi connectivity index (χ0) is 13.0. The van der Waals surface area contributed by atoms with Crippen molar-refractivity contribution in [2.24, 2.45) is 5.92 Å². The van der Waals surface area contributed by atoms with Crippen molar-refractivity contribution in [1.29, 1.82) is 0 Å². The van der Waals surface area contributed by atoms with Crippen LogP contribution in [0, 0.1) is 19.8 Å². The molecule has 1 aliphatic rings. The molecule has 0 spiro atoms. The maximum Gasteiger partial charge on any atom is 0.110 e. The van der Waals surface area contributed by atoms with Crippen molar-refractivity contribution in [2.45, 2.75) is 65.3 Å². The highest BCUT2D eigenvalue weighted by Crippen LogP contribution is 2.36. The maximum absolute atomic E-state index is 4.79. The molecule has 0 aliphatic heterocycles. The number of nitrogens with one attached hydrogen (secondary N) is 1. The Bertz CT molecular complexity index is 347. The van der Waals surface area contributed by atoms with Gasteiger partial charge in [-0.05, 0) is 45.6 Å². The summed E-state index contributed by atoms with van der Waals surface area (Å²) in [6, 6.07) is 0.502. The fourth-order valence-electron chi connectivity index (χ4n) is 2.85. The average molecular weight is 266 g/mol. The third kappa shape index (κ3) is 3.33. The largest absolute Gasteiger partial charge is 0.308 e. The lowest BCUT2D eigenvalue weighted by Gasteiger charge is -2.29. The molecule has 1 N–H and O–H groups in total. The second kappa shape index (κ2) is 6.67. The Kier molecular flexibility index (Phi) is 5.19. The first-order valence-corrected chi connectivity index (χ1v) is 8.21. The average Bonchev–Trinajstić information content (AvgIpc) is 2.71. The molecule has 1 unspecified atom stereocenters. The minimum atomic E-state index is 0.502. The van der Waals surface area contributed by atoms with E-state index in [1.54, 1.807) is 0 Å². The standard InChI is InChI=1S/C15H26N2S/c1-4-10-16-14(13-8-6-5-7-9-13)15-17-11(2)12(3)18-15/h13-14,16H,4-10H2,1-3H3. The highest BCUT2D eigenvalue weighted by atomic mass is 32.1. The molecular weight excluding hydrogens is 240 g/mol. The molecule has 2 nitrogen and oxygen atoms in total. The zero-order valence-corrected chi connectivity index (χ0v) is 12.8. The minimum absolute atomic E-state index is 0.502. The monoisotopic (exact) mass is 266 g/mol. The minimum Gasteiger partial charge on any atom is -0.308 e. The summed E-state index contributed by atoms with van der Waals surface area (Å²) in [4.78, 5) is 6.17. The third-order valence-corrected chi connectivity index (χ3v) is 5.20. The van der Waals surface area contributed by atoms with Crippen LogP contribution in [0.5, 0.6) is 0 Å². The molecule has 3 heteroatoms. The number of hydrogen-bond acceptors (Lipinski definition) is 3. The van der Waals surface area contributed by atoms with Gasteiger partial charge in [-0.15, -0.1) is 11.3 Å². The third-order valence-electron chi connectivity index (χ3n) is 4.05. The molecule has 1 heterocycles. The Hall–Kier alpha value is -0.410. The van der Waals surface area contributed by atoms with Crippen molar-refractivity contribution in [1.82, 2.24) is 10.3 Å². The van der Waals surface area contributed by atoms with Crippen LogP contribution in [0.3, 0.4) is 0 Å². The Balaban J connectivity index is 2.12. The number of nitrogens with zero attached hydrogens (tertiary/aromatic N) is 1. The maximum atomic E-state index is 4.79. The molecule has 1 saturated carbocycles. The number of rotatable bonds is 5. The van der Waals surface area contributed by atoms with E-state index in [0.29, 0.717) is 6.04 Å². The van der Waals surface area contributed by atoms with Gasteiger partial charge in [-0.2, -0.15) is 0 Å². The van der Waals surface area contributed by atoms with Crippen LogP contribution in [-0.4, -0.2) is 11.5 Å². The van der Waals surface area contributed by atoms with E-state index >= 15 is 0 Å². The molecule has 2 rings (SSSR count). The summed E-state index contributed by atoms with van der Waals surface area (Å²) in [6.07, 6.45) is 8.17. The lowest BCUT2D eigenvalue weighted by atomic mass is 9.84. The fourth-order valence-corrected chi connectivity index (χ4v) is 3.95. The molecule has 0 amide bonds. The van der Waals surface area contributed by atoms with Crippen LogP contribution < -0.4 is 5.32 Å². The topological polar surface area (TPSA) is 24.9 Å². The quantitative estimate of drug-likeness (QED) is 0.855. The molecule has 102 valence electrons. The van der Waals surface area contributed by atoms with Crippen LogP contribution in [0.25, 0.3) is 0 Å². The number of aromatic nitrogens is 1. The van der Waals surface area contributed by atoms with Crippen LogP contribution in [0.4, 0.5) is 0 Å². The van der Waals surface area contributed by atoms with Crippen LogP contribution in [0.2, 0.25) is 0 Å². The van der Waals surface area contributed by atoms with Crippen molar-refractivity contribution in [3.63, 3.8) is 0 Å². The van der Waals surface area contributed by atoms with Gasteiger partial charge in [-0.25, -0.2) is 4.98 Å². The van der Waals surface area contributed by atoms with Crippen molar-refractivity contribution in [2.75, 3.05) is 6.54 Å². The normalized spacial score (nSPS) is 19.1. The van der Waals surface area contributed by atoms with Crippen LogP contribution >= 0.6 is 11.3 Å². The van der Waals surface area contributed by atoms with Gasteiger partial charge in [0.1, 0.15) is 5.01 Å². The molecule has 1 atom stereocenters. The number of aryl methyl sites for hydroxylation is 2. The van der Waals surface area contributed by atoms with E-state index in [4.69, 9.17) is 4.98 Å². The summed E-state index contributed by atoms with van der Waals surface area (Å²) in [5, 5.41) is 5.07. The molecule has 0 radical (unpaired) electrons. The second-order valence-electron chi connectivity index (χ2n) is 5.52. The zero-order valence-electron chi connectivity index (χ0n) is 12.0. The summed E-state index contributed by atoms with van der Waals surface area (Å²) in [5.41, 5.74) is 1.22. The second-order valence-corrected chi connectivity index (χ2v) is 6.76. The van der Waals surface area contributed by atoms with E-state index in [0.717, 1.165) is 12.5 Å². The Morgan fingerprint density at radius 3 is 2.56 bits per heavy atom. The Morgan fingerprint density at radius 1 is 1.28 bits per heavy atom. The molecular formula is C15H26N2S. The van der Waals surface area contributed by atoms with Crippen LogP contribution in [0.15, 0.2) is 0 Å². The predicted octanol–water partition coefficient (Wildman–Crippen LogP) is 4.38. The van der Waals surface area contributed by atoms with Gasteiger partial charge in [0.15, 0.2) is 0 Å². The van der Waals surface area contributed by atoms with Crippen molar-refractivity contribution < 1.29 is 0 Å². The first-order chi connectivity index (χ1) is 8.72. The van der Waals surface area contributed by atoms with Crippen LogP contribution in [0.1, 0.15) is 67.1 Å². The van der Waals surface area contributed by atoms with Crippen molar-refractivity contribution >= 4 is 11.3 Å². The highest BCUT2D eigenvalue weighted by Gasteiger charge is 2.27. The summed E-state index contributed by atoms with van der Waals surface area (Å²) in [6.45, 7) is 7.67. The summed E-state index contributed by atoms with van der Waals surface area (Å²) in [7, 11) is 0. The van der Waals surface area contributed by atoms with E-state index in [-0.39, 0.29) is 0 Å². The predicted molar refractivity (Wildman–Crippen MR) is 79.2 cm³/mol. The number of hydrogen-bond donors (Lipinski definition) is 1. The molecule has 1 fully saturated rings. The molecule has 0 bridgehead atoms. The van der Waals surface area contributed by atoms with E-state index in [1.165, 1.54) is 54.1 Å². The first-order valence-electron chi connectivity index (χ1n) is 7.39. The number of thiazole rings is 1. The van der Waals surface area contributed by atoms with Crippen molar-refractivity contribution in [3.05, 3.63) is 15.6 Å². The summed E-state index contributed by atoms with van der Waals surface area (Å²) >= 11 is 1.89. The lowest BCUT2D eigenvalue weighted by Crippen LogP contribution is -2.30. The molecule has 1 aliphatic carbocycles. The van der Waals surface area contributed by atoms with Crippen LogP contribution in [-0.2, 0) is 0 Å². The molecule has 0 aromatic carbocycles. The SMILES string of the molecule is CCCNC(c1nc(C)c(C)s1)C1CCCCC1. The van der Waals surface area contributed by atoms with Gasteiger partial charge >= 0.3 is 0 Å². The highest BCUT2D eigenvalue weighted by molar-refractivity contribution is 7.11. The van der Waals surface area contributed by atoms with Gasteiger partial charge in [0.2, 0.25) is 0 Å². The van der Waals surface area contributed by atoms with Gasteiger partial charge < -0.3 is 5.32 Å². The van der Waals surface area contributed by atoms with E-state index in [2.05, 4.69) is 26.1 Å². The molecule has 18 heavy (non-hydrogen) atoms. The smallest absolute Gasteiger partial charge is 0.110 e. The van der Waals surface area contributed by atoms with Gasteiger partial charge in [0.05, 0.1) is 11.7 Å². The first kappa shape index (κ1) is 14.0. The Morgan fingerprint density at radius 2 is 2.00 bits per heavy atom.